The number of carboxylic acids is 1. The molecule has 0 unspecified atom stereocenters. The number of aliphatic carboxylic acids is 1. The first-order valence-electron chi connectivity index (χ1n) is 1.53. The van der Waals surface area contributed by atoms with Crippen LogP contribution in [0.5, 0.6) is 0 Å². The summed E-state index contributed by atoms with van der Waals surface area (Å²) in [5.74, 6) is -0.935. The van der Waals surface area contributed by atoms with E-state index in [9.17, 15) is 4.79 Å². The number of hydrogen-bond acceptors (Lipinski definition) is 1. The molecule has 0 aromatic heterocycles. The zero-order valence-electron chi connectivity index (χ0n) is 4.27. The molecule has 40 valence electrons. The Bertz CT molecular complexity index is 75.7. The predicted octanol–water partition coefficient (Wildman–Crippen LogP) is -0.269. The fourth-order valence-corrected chi connectivity index (χ4v) is 0. The third-order valence-corrected chi connectivity index (χ3v) is 0.365. The van der Waals surface area contributed by atoms with Crippen LogP contribution in [0, 0.1) is 0 Å². The molecule has 0 amide bonds. The van der Waals surface area contributed by atoms with E-state index in [1.807, 2.05) is 0 Å². The van der Waals surface area contributed by atoms with Gasteiger partial charge >= 0.3 is 29.9 Å². The SMILES string of the molecule is C=C(C)C(=O)O.[SnH2]. The van der Waals surface area contributed by atoms with E-state index in [1.165, 1.54) is 6.92 Å². The van der Waals surface area contributed by atoms with Gasteiger partial charge in [0.1, 0.15) is 0 Å². The van der Waals surface area contributed by atoms with E-state index in [2.05, 4.69) is 6.58 Å². The Balaban J connectivity index is 0. The third-order valence-electron chi connectivity index (χ3n) is 0.365. The molecule has 3 heteroatoms. The Morgan fingerprint density at radius 2 is 1.86 bits per heavy atom. The molecular weight excluding hydrogens is 199 g/mol. The van der Waals surface area contributed by atoms with Crippen molar-refractivity contribution in [3.8, 4) is 0 Å². The monoisotopic (exact) mass is 208 g/mol. The van der Waals surface area contributed by atoms with Gasteiger partial charge in [-0.15, -0.1) is 0 Å². The molecule has 0 rings (SSSR count). The summed E-state index contributed by atoms with van der Waals surface area (Å²) in [5.41, 5.74) is 0.176. The van der Waals surface area contributed by atoms with Crippen LogP contribution in [0.25, 0.3) is 0 Å². The Hall–Kier alpha value is 0.00870. The second-order valence-electron chi connectivity index (χ2n) is 1.09. The van der Waals surface area contributed by atoms with Gasteiger partial charge in [0.2, 0.25) is 0 Å². The molecule has 1 N–H and O–H groups in total. The fourth-order valence-electron chi connectivity index (χ4n) is 0. The first kappa shape index (κ1) is 10.1. The maximum absolute atomic E-state index is 9.60. The molecule has 0 spiro atoms. The molecule has 0 bridgehead atoms. The molecule has 2 nitrogen and oxygen atoms in total. The molecule has 0 saturated heterocycles. The van der Waals surface area contributed by atoms with Crippen molar-refractivity contribution in [3.05, 3.63) is 12.2 Å². The summed E-state index contributed by atoms with van der Waals surface area (Å²) < 4.78 is 0. The summed E-state index contributed by atoms with van der Waals surface area (Å²) >= 11 is 0. The van der Waals surface area contributed by atoms with Gasteiger partial charge in [-0.3, -0.25) is 0 Å². The molecule has 0 atom stereocenters. The van der Waals surface area contributed by atoms with Gasteiger partial charge in [0.25, 0.3) is 0 Å². The molecule has 0 aliphatic carbocycles. The molecule has 0 aromatic rings. The first-order chi connectivity index (χ1) is 2.64. The van der Waals surface area contributed by atoms with Crippen LogP contribution in [0.15, 0.2) is 12.2 Å². The first-order valence-corrected chi connectivity index (χ1v) is 1.53. The minimum atomic E-state index is -0.935. The third kappa shape index (κ3) is 6.01. The van der Waals surface area contributed by atoms with Gasteiger partial charge in [-0.2, -0.15) is 0 Å². The van der Waals surface area contributed by atoms with Crippen molar-refractivity contribution in [3.63, 3.8) is 0 Å². The molecule has 0 aliphatic heterocycles. The molecule has 0 heterocycles. The molecule has 0 aliphatic rings. The van der Waals surface area contributed by atoms with E-state index < -0.39 is 5.97 Å². The Kier molecular flexibility index (Phi) is 6.02. The molecule has 2 radical (unpaired) electrons. The minimum absolute atomic E-state index is 0. The number of carboxylic acid groups (broad SMARTS) is 1. The summed E-state index contributed by atoms with van der Waals surface area (Å²) in [6, 6.07) is 0. The van der Waals surface area contributed by atoms with Crippen molar-refractivity contribution in [2.24, 2.45) is 0 Å². The second kappa shape index (κ2) is 4.18. The van der Waals surface area contributed by atoms with Crippen LogP contribution >= 0.6 is 0 Å². The summed E-state index contributed by atoms with van der Waals surface area (Å²) in [7, 11) is 0. The summed E-state index contributed by atoms with van der Waals surface area (Å²) in [6.45, 7) is 4.60. The van der Waals surface area contributed by atoms with Crippen molar-refractivity contribution < 1.29 is 9.90 Å². The Morgan fingerprint density at radius 1 is 1.71 bits per heavy atom. The molecular formula is C4H8O2Sn. The van der Waals surface area contributed by atoms with Gasteiger partial charge in [-0.25, -0.2) is 4.79 Å². The van der Waals surface area contributed by atoms with Crippen LogP contribution in [-0.4, -0.2) is 35.0 Å². The topological polar surface area (TPSA) is 37.3 Å². The van der Waals surface area contributed by atoms with Crippen LogP contribution in [0.3, 0.4) is 0 Å². The predicted molar refractivity (Wildman–Crippen MR) is 31.0 cm³/mol. The van der Waals surface area contributed by atoms with Gasteiger partial charge < -0.3 is 5.11 Å². The van der Waals surface area contributed by atoms with E-state index in [1.54, 1.807) is 0 Å². The van der Waals surface area contributed by atoms with Crippen LogP contribution in [0.4, 0.5) is 0 Å². The maximum atomic E-state index is 9.60. The van der Waals surface area contributed by atoms with Gasteiger partial charge in [-0.05, 0) is 6.92 Å². The molecule has 7 heavy (non-hydrogen) atoms. The summed E-state index contributed by atoms with van der Waals surface area (Å²) in [4.78, 5) is 9.60. The normalized spacial score (nSPS) is 6.43. The van der Waals surface area contributed by atoms with E-state index in [-0.39, 0.29) is 29.5 Å². The van der Waals surface area contributed by atoms with Crippen molar-refractivity contribution >= 4 is 29.9 Å². The van der Waals surface area contributed by atoms with Crippen molar-refractivity contribution in [1.82, 2.24) is 0 Å². The summed E-state index contributed by atoms with van der Waals surface area (Å²) in [5, 5.41) is 7.89. The van der Waals surface area contributed by atoms with Crippen LogP contribution in [0.2, 0.25) is 0 Å². The van der Waals surface area contributed by atoms with E-state index in [4.69, 9.17) is 5.11 Å². The number of carbonyl (C=O) groups is 1. The molecule has 0 saturated carbocycles. The average molecular weight is 207 g/mol. The average Bonchev–Trinajstić information content (AvgIpc) is 1.36. The van der Waals surface area contributed by atoms with Crippen LogP contribution < -0.4 is 0 Å². The van der Waals surface area contributed by atoms with Gasteiger partial charge in [0.15, 0.2) is 0 Å². The zero-order chi connectivity index (χ0) is 5.15. The van der Waals surface area contributed by atoms with E-state index in [0.29, 0.717) is 0 Å². The van der Waals surface area contributed by atoms with Crippen molar-refractivity contribution in [2.45, 2.75) is 6.92 Å². The molecule has 0 fully saturated rings. The second-order valence-corrected chi connectivity index (χ2v) is 1.09. The van der Waals surface area contributed by atoms with Crippen molar-refractivity contribution in [1.29, 1.82) is 0 Å². The summed E-state index contributed by atoms with van der Waals surface area (Å²) in [6.07, 6.45) is 0. The fraction of sp³-hybridized carbons (Fsp3) is 0.250. The van der Waals surface area contributed by atoms with Gasteiger partial charge in [0, 0.05) is 5.57 Å². The standard InChI is InChI=1S/C4H6O2.Sn.2H/c1-3(2)4(5)6;;;/h1H2,2H3,(H,5,6);;;. The van der Waals surface area contributed by atoms with Crippen molar-refractivity contribution in [2.75, 3.05) is 0 Å². The van der Waals surface area contributed by atoms with Crippen LogP contribution in [-0.2, 0) is 4.79 Å². The van der Waals surface area contributed by atoms with E-state index >= 15 is 0 Å². The number of hydrogen-bond donors (Lipinski definition) is 1. The van der Waals surface area contributed by atoms with Gasteiger partial charge in [0.05, 0.1) is 0 Å². The quantitative estimate of drug-likeness (QED) is 0.474. The van der Waals surface area contributed by atoms with Crippen LogP contribution in [0.1, 0.15) is 6.92 Å². The zero-order valence-corrected chi connectivity index (χ0v) is 8.31. The molecule has 0 aromatic carbocycles. The number of rotatable bonds is 1. The van der Waals surface area contributed by atoms with E-state index in [0.717, 1.165) is 0 Å². The Morgan fingerprint density at radius 3 is 1.86 bits per heavy atom. The Labute approximate surface area is 59.2 Å². The van der Waals surface area contributed by atoms with Gasteiger partial charge in [-0.1, -0.05) is 6.58 Å².